The zero-order chi connectivity index (χ0) is 18.9. The molecule has 26 heavy (non-hydrogen) atoms. The van der Waals surface area contributed by atoms with E-state index in [0.29, 0.717) is 22.9 Å². The summed E-state index contributed by atoms with van der Waals surface area (Å²) in [6.07, 6.45) is 0. The Bertz CT molecular complexity index is 807. The van der Waals surface area contributed by atoms with E-state index in [0.717, 1.165) is 0 Å². The Balaban J connectivity index is 1.76. The molecule has 0 saturated carbocycles. The molecule has 2 aromatic carbocycles. The number of ether oxygens (including phenoxy) is 2. The van der Waals surface area contributed by atoms with Gasteiger partial charge in [0, 0.05) is 0 Å². The van der Waals surface area contributed by atoms with Gasteiger partial charge in [0.15, 0.2) is 13.2 Å². The van der Waals surface area contributed by atoms with Crippen LogP contribution < -0.4 is 10.1 Å². The van der Waals surface area contributed by atoms with Crippen LogP contribution in [-0.2, 0) is 14.3 Å². The van der Waals surface area contributed by atoms with E-state index in [-0.39, 0.29) is 6.61 Å². The van der Waals surface area contributed by atoms with Crippen LogP contribution in [0.15, 0.2) is 48.5 Å². The van der Waals surface area contributed by atoms with E-state index in [1.165, 1.54) is 5.56 Å². The Morgan fingerprint density at radius 1 is 1.08 bits per heavy atom. The number of nitrogens with zero attached hydrogens (tertiary/aromatic N) is 1. The van der Waals surface area contributed by atoms with Crippen LogP contribution in [0.3, 0.4) is 0 Å². The van der Waals surface area contributed by atoms with Gasteiger partial charge in [-0.25, -0.2) is 4.79 Å². The number of nitrogens with one attached hydrogen (secondary N) is 1. The lowest BCUT2D eigenvalue weighted by Gasteiger charge is -2.10. The van der Waals surface area contributed by atoms with Crippen molar-refractivity contribution in [2.24, 2.45) is 0 Å². The third-order valence-electron chi connectivity index (χ3n) is 3.59. The highest BCUT2D eigenvalue weighted by atomic mass is 16.6. The molecule has 0 spiro atoms. The maximum absolute atomic E-state index is 11.8. The molecule has 0 saturated heterocycles. The van der Waals surface area contributed by atoms with Gasteiger partial charge in [-0.3, -0.25) is 4.79 Å². The first-order valence-electron chi connectivity index (χ1n) is 8.17. The largest absolute Gasteiger partial charge is 0.482 e. The summed E-state index contributed by atoms with van der Waals surface area (Å²) in [5.74, 6) is -0.207. The van der Waals surface area contributed by atoms with Crippen molar-refractivity contribution in [2.45, 2.75) is 19.8 Å². The highest BCUT2D eigenvalue weighted by Crippen LogP contribution is 2.18. The molecule has 134 valence electrons. The second-order valence-corrected chi connectivity index (χ2v) is 5.88. The number of rotatable bonds is 7. The van der Waals surface area contributed by atoms with Gasteiger partial charge in [0.05, 0.1) is 11.3 Å². The van der Waals surface area contributed by atoms with Crippen molar-refractivity contribution in [3.05, 3.63) is 59.7 Å². The fraction of sp³-hybridized carbons (Fsp3) is 0.250. The number of para-hydroxylation sites is 1. The molecule has 6 nitrogen and oxygen atoms in total. The summed E-state index contributed by atoms with van der Waals surface area (Å²) in [7, 11) is 0. The van der Waals surface area contributed by atoms with Crippen LogP contribution in [0.5, 0.6) is 5.75 Å². The average Bonchev–Trinajstić information content (AvgIpc) is 2.65. The van der Waals surface area contributed by atoms with Gasteiger partial charge in [-0.15, -0.1) is 0 Å². The van der Waals surface area contributed by atoms with Gasteiger partial charge in [-0.1, -0.05) is 38.1 Å². The minimum Gasteiger partial charge on any atom is -0.482 e. The van der Waals surface area contributed by atoms with Crippen LogP contribution >= 0.6 is 0 Å². The van der Waals surface area contributed by atoms with Gasteiger partial charge in [0.1, 0.15) is 11.8 Å². The number of anilines is 1. The lowest BCUT2D eigenvalue weighted by atomic mass is 10.0. The van der Waals surface area contributed by atoms with Gasteiger partial charge in [0.25, 0.3) is 5.91 Å². The molecule has 2 rings (SSSR count). The van der Waals surface area contributed by atoms with E-state index in [9.17, 15) is 9.59 Å². The fourth-order valence-corrected chi connectivity index (χ4v) is 2.15. The van der Waals surface area contributed by atoms with Crippen molar-refractivity contribution < 1.29 is 19.1 Å². The quantitative estimate of drug-likeness (QED) is 0.773. The fourth-order valence-electron chi connectivity index (χ4n) is 2.15. The Morgan fingerprint density at radius 3 is 2.42 bits per heavy atom. The number of hydrogen-bond donors (Lipinski definition) is 1. The highest BCUT2D eigenvalue weighted by Gasteiger charge is 2.10. The van der Waals surface area contributed by atoms with E-state index >= 15 is 0 Å². The third kappa shape index (κ3) is 5.64. The molecule has 0 heterocycles. The molecule has 0 aliphatic carbocycles. The average molecular weight is 352 g/mol. The van der Waals surface area contributed by atoms with Crippen LogP contribution in [-0.4, -0.2) is 25.1 Å². The van der Waals surface area contributed by atoms with Crippen molar-refractivity contribution >= 4 is 17.6 Å². The maximum atomic E-state index is 11.8. The first-order chi connectivity index (χ1) is 12.5. The molecule has 0 bridgehead atoms. The van der Waals surface area contributed by atoms with Crippen LogP contribution in [0.4, 0.5) is 5.69 Å². The summed E-state index contributed by atoms with van der Waals surface area (Å²) >= 11 is 0. The third-order valence-corrected chi connectivity index (χ3v) is 3.59. The lowest BCUT2D eigenvalue weighted by molar-refractivity contribution is -0.149. The van der Waals surface area contributed by atoms with Gasteiger partial charge < -0.3 is 14.8 Å². The Hall–Kier alpha value is -3.33. The van der Waals surface area contributed by atoms with Crippen LogP contribution in [0.2, 0.25) is 0 Å². The van der Waals surface area contributed by atoms with E-state index in [4.69, 9.17) is 14.7 Å². The SMILES string of the molecule is CC(C)c1ccc(OCC(=O)OCC(=O)Nc2ccccc2C#N)cc1. The molecule has 0 unspecified atom stereocenters. The van der Waals surface area contributed by atoms with E-state index in [2.05, 4.69) is 19.2 Å². The van der Waals surface area contributed by atoms with Gasteiger partial charge >= 0.3 is 5.97 Å². The summed E-state index contributed by atoms with van der Waals surface area (Å²) in [5.41, 5.74) is 1.88. The molecule has 1 amide bonds. The summed E-state index contributed by atoms with van der Waals surface area (Å²) in [5, 5.41) is 11.5. The summed E-state index contributed by atoms with van der Waals surface area (Å²) in [6.45, 7) is 3.44. The van der Waals surface area contributed by atoms with Crippen molar-refractivity contribution in [3.63, 3.8) is 0 Å². The predicted molar refractivity (Wildman–Crippen MR) is 96.8 cm³/mol. The molecule has 0 atom stereocenters. The standard InChI is InChI=1S/C20H20N2O4/c1-14(2)15-7-9-17(10-8-15)25-13-20(24)26-12-19(23)22-18-6-4-3-5-16(18)11-21/h3-10,14H,12-13H2,1-2H3,(H,22,23). The Morgan fingerprint density at radius 2 is 1.77 bits per heavy atom. The van der Waals surface area contributed by atoms with E-state index in [1.54, 1.807) is 36.4 Å². The number of esters is 1. The molecule has 0 aliphatic rings. The maximum Gasteiger partial charge on any atom is 0.344 e. The topological polar surface area (TPSA) is 88.4 Å². The number of carbonyl (C=O) groups excluding carboxylic acids is 2. The number of hydrogen-bond acceptors (Lipinski definition) is 5. The van der Waals surface area contributed by atoms with Crippen molar-refractivity contribution in [3.8, 4) is 11.8 Å². The van der Waals surface area contributed by atoms with Crippen LogP contribution in [0.25, 0.3) is 0 Å². The molecule has 0 fully saturated rings. The van der Waals surface area contributed by atoms with Gasteiger partial charge in [0.2, 0.25) is 0 Å². The molecule has 1 N–H and O–H groups in total. The smallest absolute Gasteiger partial charge is 0.344 e. The monoisotopic (exact) mass is 352 g/mol. The second-order valence-electron chi connectivity index (χ2n) is 5.88. The second kappa shape index (κ2) is 9.23. The molecule has 0 aromatic heterocycles. The molecule has 0 radical (unpaired) electrons. The Kier molecular flexibility index (Phi) is 6.75. The summed E-state index contributed by atoms with van der Waals surface area (Å²) in [6, 6.07) is 16.0. The molecule has 2 aromatic rings. The molecule has 0 aliphatic heterocycles. The zero-order valence-corrected chi connectivity index (χ0v) is 14.7. The first kappa shape index (κ1) is 19.0. The lowest BCUT2D eigenvalue weighted by Crippen LogP contribution is -2.24. The summed E-state index contributed by atoms with van der Waals surface area (Å²) in [4.78, 5) is 23.5. The number of amides is 1. The predicted octanol–water partition coefficient (Wildman–Crippen LogP) is 3.24. The summed E-state index contributed by atoms with van der Waals surface area (Å²) < 4.78 is 10.2. The van der Waals surface area contributed by atoms with Crippen LogP contribution in [0, 0.1) is 11.3 Å². The molecule has 6 heteroatoms. The van der Waals surface area contributed by atoms with Crippen molar-refractivity contribution in [1.82, 2.24) is 0 Å². The number of benzene rings is 2. The van der Waals surface area contributed by atoms with Gasteiger partial charge in [-0.2, -0.15) is 5.26 Å². The number of nitriles is 1. The number of carbonyl (C=O) groups is 2. The Labute approximate surface area is 152 Å². The van der Waals surface area contributed by atoms with Crippen molar-refractivity contribution in [2.75, 3.05) is 18.5 Å². The normalized spacial score (nSPS) is 10.1. The minimum atomic E-state index is -0.651. The van der Waals surface area contributed by atoms with Crippen molar-refractivity contribution in [1.29, 1.82) is 5.26 Å². The van der Waals surface area contributed by atoms with Gasteiger partial charge in [-0.05, 0) is 35.7 Å². The molecular formula is C20H20N2O4. The van der Waals surface area contributed by atoms with E-state index < -0.39 is 18.5 Å². The van der Waals surface area contributed by atoms with E-state index in [1.807, 2.05) is 18.2 Å². The zero-order valence-electron chi connectivity index (χ0n) is 14.7. The molecular weight excluding hydrogens is 332 g/mol. The minimum absolute atomic E-state index is 0.289. The van der Waals surface area contributed by atoms with Crippen LogP contribution in [0.1, 0.15) is 30.9 Å². The first-order valence-corrected chi connectivity index (χ1v) is 8.17. The highest BCUT2D eigenvalue weighted by molar-refractivity contribution is 5.94.